The smallest absolute Gasteiger partial charge is 0.0894 e. The molecule has 75 heavy (non-hydrogen) atoms. The summed E-state index contributed by atoms with van der Waals surface area (Å²) in [4.78, 5) is 7.64. The fourth-order valence-corrected chi connectivity index (χ4v) is 14.5. The molecule has 1 spiro atoms. The van der Waals surface area contributed by atoms with E-state index in [1.807, 2.05) is 18.0 Å². The maximum absolute atomic E-state index is 6.99. The molecule has 0 saturated heterocycles. The molecule has 5 nitrogen and oxygen atoms in total. The molecule has 15 rings (SSSR count). The van der Waals surface area contributed by atoms with Crippen LogP contribution in [0.2, 0.25) is 0 Å². The predicted molar refractivity (Wildman–Crippen MR) is 302 cm³/mol. The van der Waals surface area contributed by atoms with Gasteiger partial charge >= 0.3 is 294 Å². The van der Waals surface area contributed by atoms with Gasteiger partial charge in [0.05, 0.1) is 5.41 Å². The number of hydrogen-bond donors (Lipinski definition) is 0. The Morgan fingerprint density at radius 3 is 1.72 bits per heavy atom. The second-order valence-electron chi connectivity index (χ2n) is 19.4. The average Bonchev–Trinajstić information content (AvgIpc) is 4.06. The molecule has 4 heterocycles. The molecule has 358 valence electrons. The summed E-state index contributed by atoms with van der Waals surface area (Å²) >= 11 is 4.38. The van der Waals surface area contributed by atoms with Crippen molar-refractivity contribution in [3.8, 4) is 62.1 Å². The van der Waals surface area contributed by atoms with Gasteiger partial charge < -0.3 is 0 Å². The van der Waals surface area contributed by atoms with Crippen molar-refractivity contribution in [2.24, 2.45) is 0 Å². The second kappa shape index (κ2) is 17.3. The van der Waals surface area contributed by atoms with Crippen LogP contribution in [0.5, 0.6) is 11.5 Å². The van der Waals surface area contributed by atoms with Gasteiger partial charge in [0.25, 0.3) is 0 Å². The molecular formula is C68H44N4OPtS. The minimum absolute atomic E-state index is 0.503. The summed E-state index contributed by atoms with van der Waals surface area (Å²) in [5.41, 5.74) is 19.5. The molecule has 0 bridgehead atoms. The van der Waals surface area contributed by atoms with Crippen molar-refractivity contribution in [3.05, 3.63) is 280 Å². The molecule has 0 N–H and O–H groups in total. The zero-order valence-electron chi connectivity index (χ0n) is 40.6. The van der Waals surface area contributed by atoms with E-state index in [9.17, 15) is 0 Å². The summed E-state index contributed by atoms with van der Waals surface area (Å²) in [7, 11) is 0. The zero-order valence-corrected chi connectivity index (χ0v) is 43.7. The van der Waals surface area contributed by atoms with E-state index in [0.29, 0.717) is 0 Å². The summed E-state index contributed by atoms with van der Waals surface area (Å²) in [5.74, 6) is 2.35. The van der Waals surface area contributed by atoms with Gasteiger partial charge in [0.2, 0.25) is 0 Å². The Bertz CT molecular complexity index is 4430. The molecule has 1 aliphatic carbocycles. The standard InChI is InChI=1S/C68H44N4OS.Pt/c1-44-36-37-69-66(38-44)72-62-40-49(34-35-53(62)55-41-54-52-24-8-9-27-56(52)68(59(54)42-63(55)72)57-28-10-14-32-64(57)74-65-33-15-11-29-58(65)68)73-48-23-16-22-47(39-48)70-43-71(61-31-13-12-30-60(61)70)67-50(45-18-4-2-5-19-45)25-17-26-51(67)46-20-6-3-7-21-46;/h2-42H,1H3;. The molecule has 0 radical (unpaired) electrons. The van der Waals surface area contributed by atoms with Gasteiger partial charge in [0.15, 0.2) is 0 Å². The van der Waals surface area contributed by atoms with Crippen molar-refractivity contribution in [3.63, 3.8) is 0 Å². The van der Waals surface area contributed by atoms with Crippen LogP contribution in [0, 0.1) is 10.7 Å². The van der Waals surface area contributed by atoms with E-state index < -0.39 is 5.41 Å². The second-order valence-corrected chi connectivity index (χ2v) is 21.5. The van der Waals surface area contributed by atoms with Crippen LogP contribution in [0.25, 0.3) is 83.4 Å². The third-order valence-corrected chi connectivity index (χ3v) is 17.4. The minimum Gasteiger partial charge on any atom is -0.0894 e. The van der Waals surface area contributed by atoms with E-state index in [0.717, 1.165) is 87.8 Å². The molecule has 0 fully saturated rings. The number of pyridine rings is 1. The number of hydrogen-bond acceptors (Lipinski definition) is 3. The Morgan fingerprint density at radius 2 is 1.01 bits per heavy atom. The van der Waals surface area contributed by atoms with Crippen molar-refractivity contribution < 1.29 is 24.1 Å². The number of nitrogens with zero attached hydrogens (tertiary/aromatic N) is 4. The van der Waals surface area contributed by atoms with Gasteiger partial charge in [0.1, 0.15) is 0 Å². The van der Waals surface area contributed by atoms with Crippen LogP contribution >= 0.6 is 11.8 Å². The number of benzene rings is 10. The number of ether oxygens (including phenoxy) is 1. The van der Waals surface area contributed by atoms with Crippen LogP contribution in [0.15, 0.2) is 259 Å². The molecule has 2 aliphatic rings. The number of imidazole rings is 1. The van der Waals surface area contributed by atoms with Crippen LogP contribution in [0.1, 0.15) is 27.8 Å². The molecule has 1 aliphatic heterocycles. The van der Waals surface area contributed by atoms with Crippen LogP contribution in [-0.4, -0.2) is 18.7 Å². The normalized spacial score (nSPS) is 13.0. The number of para-hydroxylation sites is 3. The van der Waals surface area contributed by atoms with Crippen molar-refractivity contribution in [2.75, 3.05) is 0 Å². The molecular weight excluding hydrogens is 1120 g/mol. The Labute approximate surface area is 449 Å². The van der Waals surface area contributed by atoms with Crippen molar-refractivity contribution in [1.29, 1.82) is 0 Å². The first-order valence-electron chi connectivity index (χ1n) is 25.3. The SMILES string of the molecule is Cc1ccnc(-n2c3cc(Oc4cccc(-n5[c](=[Pt])n(-c6c(-c7ccccc7)cccc6-c6ccccc6)c6ccccc65)c4)ccc3c3cc4c(cc32)C2(c3ccccc3Sc3ccccc32)c2ccccc2-4)c1. The number of aromatic nitrogens is 4. The third-order valence-electron chi connectivity index (χ3n) is 15.3. The fraction of sp³-hybridized carbons (Fsp3) is 0.0294. The fourth-order valence-electron chi connectivity index (χ4n) is 12.2. The Hall–Kier alpha value is -8.54. The van der Waals surface area contributed by atoms with Crippen LogP contribution in [0.3, 0.4) is 0 Å². The van der Waals surface area contributed by atoms with Gasteiger partial charge in [-0.25, -0.2) is 0 Å². The topological polar surface area (TPSA) is 36.9 Å². The maximum atomic E-state index is 6.99. The first-order valence-corrected chi connectivity index (χ1v) is 27.2. The zero-order chi connectivity index (χ0) is 49.8. The van der Waals surface area contributed by atoms with Gasteiger partial charge in [-0.3, -0.25) is 0 Å². The summed E-state index contributed by atoms with van der Waals surface area (Å²) in [6, 6.07) is 88.0. The monoisotopic (exact) mass is 1160 g/mol. The molecule has 10 aromatic carbocycles. The van der Waals surface area contributed by atoms with E-state index >= 15 is 0 Å². The third kappa shape index (κ3) is 6.69. The van der Waals surface area contributed by atoms with Gasteiger partial charge in [-0.2, -0.15) is 0 Å². The van der Waals surface area contributed by atoms with Gasteiger partial charge in [-0.1, -0.05) is 72.4 Å². The average molecular weight is 1160 g/mol. The summed E-state index contributed by atoms with van der Waals surface area (Å²) in [6.07, 6.45) is 1.92. The van der Waals surface area contributed by atoms with Gasteiger partial charge in [-0.05, 0) is 64.1 Å². The summed E-state index contributed by atoms with van der Waals surface area (Å²) in [6.45, 7) is 2.14. The van der Waals surface area contributed by atoms with Crippen LogP contribution in [-0.2, 0) is 24.8 Å². The van der Waals surface area contributed by atoms with E-state index in [-0.39, 0.29) is 0 Å². The molecule has 7 heteroatoms. The van der Waals surface area contributed by atoms with E-state index in [4.69, 9.17) is 9.72 Å². The van der Waals surface area contributed by atoms with Crippen molar-refractivity contribution >= 4 is 44.6 Å². The quantitative estimate of drug-likeness (QED) is 0.160. The van der Waals surface area contributed by atoms with Gasteiger partial charge in [0, 0.05) is 16.0 Å². The molecule has 13 aromatic rings. The molecule has 3 aromatic heterocycles. The number of rotatable bonds is 7. The van der Waals surface area contributed by atoms with Gasteiger partial charge in [-0.15, -0.1) is 0 Å². The van der Waals surface area contributed by atoms with E-state index in [1.54, 1.807) is 0 Å². The minimum atomic E-state index is -0.503. The summed E-state index contributed by atoms with van der Waals surface area (Å²) in [5, 5.41) is 2.31. The molecule has 0 saturated carbocycles. The molecule has 0 unspecified atom stereocenters. The number of aryl methyl sites for hydroxylation is 1. The van der Waals surface area contributed by atoms with Crippen molar-refractivity contribution in [2.45, 2.75) is 22.1 Å². The first kappa shape index (κ1) is 44.0. The Morgan fingerprint density at radius 1 is 0.427 bits per heavy atom. The van der Waals surface area contributed by atoms with E-state index in [2.05, 4.69) is 283 Å². The summed E-state index contributed by atoms with van der Waals surface area (Å²) < 4.78 is 15.1. The van der Waals surface area contributed by atoms with Crippen LogP contribution < -0.4 is 4.74 Å². The van der Waals surface area contributed by atoms with E-state index in [1.165, 1.54) is 48.6 Å². The Balaban J connectivity index is 0.895. The number of fused-ring (bicyclic) bond motifs is 13. The Kier molecular flexibility index (Phi) is 10.1. The molecule has 0 atom stereocenters. The predicted octanol–water partition coefficient (Wildman–Crippen LogP) is 17.3. The molecule has 0 amide bonds. The first-order chi connectivity index (χ1) is 37.0. The van der Waals surface area contributed by atoms with Crippen LogP contribution in [0.4, 0.5) is 0 Å². The van der Waals surface area contributed by atoms with Crippen molar-refractivity contribution in [1.82, 2.24) is 18.7 Å².